The molecule has 0 saturated heterocycles. The van der Waals surface area contributed by atoms with Crippen molar-refractivity contribution in [1.82, 2.24) is 0 Å². The molecule has 0 unspecified atom stereocenters. The topological polar surface area (TPSA) is 52.6 Å². The molecule has 0 spiro atoms. The molecule has 0 amide bonds. The second-order valence-corrected chi connectivity index (χ2v) is 4.22. The number of benzene rings is 1. The molecule has 1 aromatic rings. The van der Waals surface area contributed by atoms with Crippen LogP contribution in [0.2, 0.25) is 0 Å². The van der Waals surface area contributed by atoms with Gasteiger partial charge < -0.3 is 9.47 Å². The third-order valence-corrected chi connectivity index (χ3v) is 2.76. The fraction of sp³-hybridized carbons (Fsp3) is 0.333. The van der Waals surface area contributed by atoms with Crippen LogP contribution in [-0.4, -0.2) is 26.2 Å². The lowest BCUT2D eigenvalue weighted by Gasteiger charge is -2.14. The number of hydrogen-bond donors (Lipinski definition) is 0. The molecule has 0 heterocycles. The summed E-state index contributed by atoms with van der Waals surface area (Å²) in [6.45, 7) is 3.91. The number of hydrogen-bond acceptors (Lipinski definition) is 4. The third-order valence-electron chi connectivity index (χ3n) is 2.76. The second-order valence-electron chi connectivity index (χ2n) is 4.22. The van der Waals surface area contributed by atoms with Crippen LogP contribution in [0.4, 0.5) is 0 Å². The summed E-state index contributed by atoms with van der Waals surface area (Å²) in [7, 11) is 2.50. The van der Waals surface area contributed by atoms with Gasteiger partial charge in [0.25, 0.3) is 0 Å². The lowest BCUT2D eigenvalue weighted by molar-refractivity contribution is -0.158. The molecule has 1 aromatic carbocycles. The van der Waals surface area contributed by atoms with Gasteiger partial charge in [0.05, 0.1) is 14.2 Å². The van der Waals surface area contributed by atoms with E-state index in [1.165, 1.54) is 14.2 Å². The number of esters is 2. The molecule has 1 rings (SSSR count). The number of ether oxygens (including phenoxy) is 2. The van der Waals surface area contributed by atoms with E-state index in [0.29, 0.717) is 6.42 Å². The first kappa shape index (κ1) is 15.0. The third kappa shape index (κ3) is 4.58. The van der Waals surface area contributed by atoms with Crippen molar-refractivity contribution in [1.29, 1.82) is 0 Å². The van der Waals surface area contributed by atoms with E-state index >= 15 is 0 Å². The zero-order chi connectivity index (χ0) is 14.3. The number of carbonyl (C=O) groups is 2. The van der Waals surface area contributed by atoms with E-state index in [2.05, 4.69) is 16.1 Å². The van der Waals surface area contributed by atoms with Crippen LogP contribution in [0, 0.1) is 5.92 Å². The fourth-order valence-corrected chi connectivity index (χ4v) is 1.79. The molecule has 0 atom stereocenters. The molecule has 0 aromatic heterocycles. The highest BCUT2D eigenvalue weighted by Gasteiger charge is 2.29. The second kappa shape index (κ2) is 7.36. The summed E-state index contributed by atoms with van der Waals surface area (Å²) in [5.41, 5.74) is 1.87. The summed E-state index contributed by atoms with van der Waals surface area (Å²) in [6.07, 6.45) is 0.847. The minimum Gasteiger partial charge on any atom is -0.468 e. The van der Waals surface area contributed by atoms with E-state index in [1.807, 2.05) is 30.3 Å². The van der Waals surface area contributed by atoms with E-state index in [9.17, 15) is 9.59 Å². The van der Waals surface area contributed by atoms with Gasteiger partial charge in [-0.15, -0.1) is 0 Å². The Kier molecular flexibility index (Phi) is 5.79. The molecule has 102 valence electrons. The van der Waals surface area contributed by atoms with Gasteiger partial charge in [0, 0.05) is 0 Å². The Bertz CT molecular complexity index is 434. The Balaban J connectivity index is 2.66. The maximum absolute atomic E-state index is 11.5. The smallest absolute Gasteiger partial charge is 0.320 e. The number of rotatable bonds is 6. The molecule has 0 saturated carbocycles. The van der Waals surface area contributed by atoms with Crippen LogP contribution in [0.5, 0.6) is 0 Å². The summed E-state index contributed by atoms with van der Waals surface area (Å²) < 4.78 is 9.21. The van der Waals surface area contributed by atoms with Gasteiger partial charge in [0.2, 0.25) is 0 Å². The highest BCUT2D eigenvalue weighted by molar-refractivity contribution is 5.95. The van der Waals surface area contributed by atoms with Crippen molar-refractivity contribution in [2.45, 2.75) is 12.8 Å². The van der Waals surface area contributed by atoms with Crippen LogP contribution in [0.25, 0.3) is 0 Å². The Morgan fingerprint density at radius 1 is 1.11 bits per heavy atom. The Morgan fingerprint density at radius 2 is 1.63 bits per heavy atom. The minimum atomic E-state index is -0.939. The van der Waals surface area contributed by atoms with Gasteiger partial charge in [-0.05, 0) is 18.4 Å². The zero-order valence-corrected chi connectivity index (χ0v) is 11.2. The van der Waals surface area contributed by atoms with Crippen molar-refractivity contribution in [3.63, 3.8) is 0 Å². The first-order valence-electron chi connectivity index (χ1n) is 5.94. The standard InChI is InChI=1S/C15H18O4/c1-11(9-12-7-5-4-6-8-12)10-13(14(16)18-2)15(17)19-3/h4-8,13H,1,9-10H2,2-3H3. The molecule has 0 fully saturated rings. The largest absolute Gasteiger partial charge is 0.468 e. The van der Waals surface area contributed by atoms with Crippen LogP contribution in [0.3, 0.4) is 0 Å². The fourth-order valence-electron chi connectivity index (χ4n) is 1.79. The van der Waals surface area contributed by atoms with Gasteiger partial charge in [0.15, 0.2) is 5.92 Å². The van der Waals surface area contributed by atoms with Crippen molar-refractivity contribution < 1.29 is 19.1 Å². The molecule has 0 aliphatic carbocycles. The lowest BCUT2D eigenvalue weighted by Crippen LogP contribution is -2.27. The highest BCUT2D eigenvalue weighted by Crippen LogP contribution is 2.17. The molecule has 0 radical (unpaired) electrons. The van der Waals surface area contributed by atoms with Gasteiger partial charge in [-0.3, -0.25) is 9.59 Å². The van der Waals surface area contributed by atoms with Crippen LogP contribution >= 0.6 is 0 Å². The van der Waals surface area contributed by atoms with Gasteiger partial charge in [0.1, 0.15) is 0 Å². The molecule has 4 nitrogen and oxygen atoms in total. The van der Waals surface area contributed by atoms with Crippen molar-refractivity contribution in [2.24, 2.45) is 5.92 Å². The molecule has 0 bridgehead atoms. The predicted octanol–water partition coefficient (Wildman–Crippen LogP) is 2.14. The average Bonchev–Trinajstić information content (AvgIpc) is 2.44. The van der Waals surface area contributed by atoms with Crippen molar-refractivity contribution in [3.8, 4) is 0 Å². The van der Waals surface area contributed by atoms with E-state index in [4.69, 9.17) is 0 Å². The lowest BCUT2D eigenvalue weighted by atomic mass is 9.96. The zero-order valence-electron chi connectivity index (χ0n) is 11.2. The normalized spacial score (nSPS) is 10.1. The first-order valence-corrected chi connectivity index (χ1v) is 5.94. The highest BCUT2D eigenvalue weighted by atomic mass is 16.5. The van der Waals surface area contributed by atoms with Gasteiger partial charge in [-0.2, -0.15) is 0 Å². The Hall–Kier alpha value is -2.10. The number of allylic oxidation sites excluding steroid dienone is 1. The summed E-state index contributed by atoms with van der Waals surface area (Å²) in [4.78, 5) is 23.1. The molecule has 0 aliphatic heterocycles. The van der Waals surface area contributed by atoms with Gasteiger partial charge in [-0.1, -0.05) is 42.5 Å². The van der Waals surface area contributed by atoms with E-state index in [-0.39, 0.29) is 6.42 Å². The van der Waals surface area contributed by atoms with Gasteiger partial charge in [-0.25, -0.2) is 0 Å². The number of carbonyl (C=O) groups excluding carboxylic acids is 2. The molecule has 19 heavy (non-hydrogen) atoms. The summed E-state index contributed by atoms with van der Waals surface area (Å²) >= 11 is 0. The number of methoxy groups -OCH3 is 2. The van der Waals surface area contributed by atoms with Crippen LogP contribution in [-0.2, 0) is 25.5 Å². The quantitative estimate of drug-likeness (QED) is 0.448. The minimum absolute atomic E-state index is 0.230. The van der Waals surface area contributed by atoms with Crippen LogP contribution in [0.1, 0.15) is 12.0 Å². The SMILES string of the molecule is C=C(Cc1ccccc1)CC(C(=O)OC)C(=O)OC. The van der Waals surface area contributed by atoms with Crippen molar-refractivity contribution in [3.05, 3.63) is 48.0 Å². The predicted molar refractivity (Wildman–Crippen MR) is 71.4 cm³/mol. The summed E-state index contributed by atoms with van der Waals surface area (Å²) in [5, 5.41) is 0. The van der Waals surface area contributed by atoms with Crippen LogP contribution < -0.4 is 0 Å². The van der Waals surface area contributed by atoms with Crippen molar-refractivity contribution >= 4 is 11.9 Å². The Labute approximate surface area is 113 Å². The van der Waals surface area contributed by atoms with Gasteiger partial charge >= 0.3 is 11.9 Å². The molecule has 0 N–H and O–H groups in total. The van der Waals surface area contributed by atoms with E-state index in [0.717, 1.165) is 11.1 Å². The molecular formula is C15H18O4. The first-order chi connectivity index (χ1) is 9.08. The maximum Gasteiger partial charge on any atom is 0.320 e. The Morgan fingerprint density at radius 3 is 2.11 bits per heavy atom. The monoisotopic (exact) mass is 262 g/mol. The maximum atomic E-state index is 11.5. The van der Waals surface area contributed by atoms with E-state index in [1.54, 1.807) is 0 Å². The molecular weight excluding hydrogens is 244 g/mol. The van der Waals surface area contributed by atoms with Crippen LogP contribution in [0.15, 0.2) is 42.5 Å². The van der Waals surface area contributed by atoms with Crippen molar-refractivity contribution in [2.75, 3.05) is 14.2 Å². The summed E-state index contributed by atoms with van der Waals surface area (Å²) in [6, 6.07) is 9.73. The molecule has 4 heteroatoms. The summed E-state index contributed by atoms with van der Waals surface area (Å²) in [5.74, 6) is -2.13. The van der Waals surface area contributed by atoms with E-state index < -0.39 is 17.9 Å². The average molecular weight is 262 g/mol. The molecule has 0 aliphatic rings.